The highest BCUT2D eigenvalue weighted by molar-refractivity contribution is 5.38. The predicted molar refractivity (Wildman–Crippen MR) is 83.3 cm³/mol. The fraction of sp³-hybridized carbons (Fsp3) is 0.353. The lowest BCUT2D eigenvalue weighted by molar-refractivity contribution is 0.530. The van der Waals surface area contributed by atoms with Gasteiger partial charge in [-0.25, -0.2) is 8.78 Å². The normalized spacial score (nSPS) is 12.4. The minimum absolute atomic E-state index is 0.138. The number of aromatic nitrogens is 1. The van der Waals surface area contributed by atoms with Gasteiger partial charge in [-0.1, -0.05) is 13.0 Å². The number of aryl methyl sites for hydroxylation is 1. The molecular formula is C17H20F2N2O. The van der Waals surface area contributed by atoms with Gasteiger partial charge in [-0.2, -0.15) is 0 Å². The number of nitrogens with zero attached hydrogens (tertiary/aromatic N) is 1. The van der Waals surface area contributed by atoms with Crippen LogP contribution in [0.5, 0.6) is 0 Å². The van der Waals surface area contributed by atoms with E-state index in [2.05, 4.69) is 5.32 Å². The number of halogens is 2. The van der Waals surface area contributed by atoms with E-state index in [1.165, 1.54) is 35.0 Å². The molecule has 3 nitrogen and oxygen atoms in total. The van der Waals surface area contributed by atoms with Gasteiger partial charge in [-0.05, 0) is 32.4 Å². The summed E-state index contributed by atoms with van der Waals surface area (Å²) in [4.78, 5) is 12.1. The molecule has 0 bridgehead atoms. The van der Waals surface area contributed by atoms with E-state index >= 15 is 0 Å². The molecule has 1 atom stereocenters. The van der Waals surface area contributed by atoms with Crippen LogP contribution in [-0.4, -0.2) is 10.6 Å². The molecule has 2 aromatic rings. The molecule has 1 aromatic heterocycles. The highest BCUT2D eigenvalue weighted by atomic mass is 19.1. The molecule has 0 saturated carbocycles. The quantitative estimate of drug-likeness (QED) is 0.919. The fourth-order valence-corrected chi connectivity index (χ4v) is 2.19. The van der Waals surface area contributed by atoms with E-state index in [0.29, 0.717) is 17.8 Å². The number of rotatable bonds is 5. The highest BCUT2D eigenvalue weighted by Gasteiger charge is 2.13. The summed E-state index contributed by atoms with van der Waals surface area (Å²) in [5.41, 5.74) is 0.668. The lowest BCUT2D eigenvalue weighted by atomic mass is 10.2. The molecule has 0 fully saturated rings. The zero-order chi connectivity index (χ0) is 16.3. The van der Waals surface area contributed by atoms with Crippen molar-refractivity contribution in [2.45, 2.75) is 39.8 Å². The summed E-state index contributed by atoms with van der Waals surface area (Å²) >= 11 is 0. The van der Waals surface area contributed by atoms with Crippen molar-refractivity contribution in [1.82, 2.24) is 9.88 Å². The summed E-state index contributed by atoms with van der Waals surface area (Å²) < 4.78 is 29.3. The molecule has 22 heavy (non-hydrogen) atoms. The number of benzene rings is 1. The van der Waals surface area contributed by atoms with E-state index in [4.69, 9.17) is 0 Å². The van der Waals surface area contributed by atoms with Gasteiger partial charge in [0.15, 0.2) is 5.43 Å². The van der Waals surface area contributed by atoms with Crippen molar-refractivity contribution in [3.8, 4) is 5.69 Å². The van der Waals surface area contributed by atoms with E-state index in [9.17, 15) is 13.6 Å². The first-order valence-electron chi connectivity index (χ1n) is 7.34. The first kappa shape index (κ1) is 16.4. The zero-order valence-corrected chi connectivity index (χ0v) is 13.0. The zero-order valence-electron chi connectivity index (χ0n) is 13.0. The fourth-order valence-electron chi connectivity index (χ4n) is 2.19. The first-order valence-corrected chi connectivity index (χ1v) is 7.34. The van der Waals surface area contributed by atoms with Crippen molar-refractivity contribution >= 4 is 0 Å². The standard InChI is InChI=1S/C17H20F2N2O/c1-4-11(2)20-9-13-10-21(12(3)8-16(13)22)17-14(18)6-5-7-15(17)19/h5-8,10-11,20H,4,9H2,1-3H3. The second-order valence-electron chi connectivity index (χ2n) is 5.43. The second kappa shape index (κ2) is 6.83. The molecule has 0 spiro atoms. The molecule has 5 heteroatoms. The van der Waals surface area contributed by atoms with Gasteiger partial charge in [-0.3, -0.25) is 4.79 Å². The Bertz CT molecular complexity index is 705. The molecule has 0 radical (unpaired) electrons. The molecule has 1 N–H and O–H groups in total. The summed E-state index contributed by atoms with van der Waals surface area (Å²) in [5, 5.41) is 3.22. The molecule has 118 valence electrons. The Morgan fingerprint density at radius 1 is 1.27 bits per heavy atom. The number of hydrogen-bond donors (Lipinski definition) is 1. The average Bonchev–Trinajstić information content (AvgIpc) is 2.47. The number of nitrogens with one attached hydrogen (secondary N) is 1. The Kier molecular flexibility index (Phi) is 5.08. The van der Waals surface area contributed by atoms with E-state index < -0.39 is 11.6 Å². The highest BCUT2D eigenvalue weighted by Crippen LogP contribution is 2.19. The van der Waals surface area contributed by atoms with Gasteiger partial charge in [0, 0.05) is 36.1 Å². The van der Waals surface area contributed by atoms with Crippen LogP contribution in [0.15, 0.2) is 35.3 Å². The Labute approximate surface area is 128 Å². The van der Waals surface area contributed by atoms with Gasteiger partial charge in [0.1, 0.15) is 17.3 Å². The van der Waals surface area contributed by atoms with E-state index in [0.717, 1.165) is 6.42 Å². The van der Waals surface area contributed by atoms with Gasteiger partial charge in [0.05, 0.1) is 0 Å². The Morgan fingerprint density at radius 3 is 2.50 bits per heavy atom. The van der Waals surface area contributed by atoms with E-state index in [-0.39, 0.29) is 17.2 Å². The average molecular weight is 306 g/mol. The Balaban J connectivity index is 2.47. The van der Waals surface area contributed by atoms with Gasteiger partial charge < -0.3 is 9.88 Å². The van der Waals surface area contributed by atoms with Crippen LogP contribution in [-0.2, 0) is 6.54 Å². The number of para-hydroxylation sites is 1. The number of pyridine rings is 1. The van der Waals surface area contributed by atoms with Crippen LogP contribution in [0.4, 0.5) is 8.78 Å². The summed E-state index contributed by atoms with van der Waals surface area (Å²) in [5.74, 6) is -1.32. The smallest absolute Gasteiger partial charge is 0.186 e. The van der Waals surface area contributed by atoms with Gasteiger partial charge in [0.2, 0.25) is 0 Å². The van der Waals surface area contributed by atoms with Crippen molar-refractivity contribution in [3.05, 3.63) is 63.6 Å². The third kappa shape index (κ3) is 3.42. The van der Waals surface area contributed by atoms with Crippen molar-refractivity contribution in [2.24, 2.45) is 0 Å². The van der Waals surface area contributed by atoms with E-state index in [1.54, 1.807) is 6.92 Å². The van der Waals surface area contributed by atoms with Crippen LogP contribution in [0.25, 0.3) is 5.69 Å². The van der Waals surface area contributed by atoms with Gasteiger partial charge >= 0.3 is 0 Å². The SMILES string of the molecule is CCC(C)NCc1cn(-c2c(F)cccc2F)c(C)cc1=O. The van der Waals surface area contributed by atoms with E-state index in [1.807, 2.05) is 13.8 Å². The third-order valence-corrected chi connectivity index (χ3v) is 3.75. The van der Waals surface area contributed by atoms with Crippen molar-refractivity contribution in [3.63, 3.8) is 0 Å². The minimum Gasteiger partial charge on any atom is -0.316 e. The van der Waals surface area contributed by atoms with Crippen molar-refractivity contribution < 1.29 is 8.78 Å². The molecular weight excluding hydrogens is 286 g/mol. The molecule has 0 aliphatic heterocycles. The lowest BCUT2D eigenvalue weighted by Gasteiger charge is -2.16. The summed E-state index contributed by atoms with van der Waals surface area (Å²) in [6.07, 6.45) is 2.44. The van der Waals surface area contributed by atoms with Crippen LogP contribution in [0.1, 0.15) is 31.5 Å². The topological polar surface area (TPSA) is 34.0 Å². The molecule has 0 amide bonds. The molecule has 1 aromatic carbocycles. The van der Waals surface area contributed by atoms with Crippen LogP contribution in [0.3, 0.4) is 0 Å². The predicted octanol–water partition coefficient (Wildman–Crippen LogP) is 3.31. The Hall–Kier alpha value is -2.01. The maximum Gasteiger partial charge on any atom is 0.186 e. The molecule has 2 rings (SSSR count). The van der Waals surface area contributed by atoms with Crippen molar-refractivity contribution in [1.29, 1.82) is 0 Å². The molecule has 1 unspecified atom stereocenters. The molecule has 0 saturated heterocycles. The largest absolute Gasteiger partial charge is 0.316 e. The third-order valence-electron chi connectivity index (χ3n) is 3.75. The molecule has 1 heterocycles. The monoisotopic (exact) mass is 306 g/mol. The van der Waals surface area contributed by atoms with Crippen LogP contribution in [0.2, 0.25) is 0 Å². The van der Waals surface area contributed by atoms with Gasteiger partial charge in [-0.15, -0.1) is 0 Å². The Morgan fingerprint density at radius 2 is 1.91 bits per heavy atom. The second-order valence-corrected chi connectivity index (χ2v) is 5.43. The number of hydrogen-bond acceptors (Lipinski definition) is 2. The van der Waals surface area contributed by atoms with Crippen molar-refractivity contribution in [2.75, 3.05) is 0 Å². The first-order chi connectivity index (χ1) is 10.4. The molecule has 0 aliphatic rings. The summed E-state index contributed by atoms with van der Waals surface area (Å²) in [6.45, 7) is 6.08. The van der Waals surface area contributed by atoms with Gasteiger partial charge in [0.25, 0.3) is 0 Å². The minimum atomic E-state index is -0.660. The molecule has 0 aliphatic carbocycles. The lowest BCUT2D eigenvalue weighted by Crippen LogP contribution is -2.28. The summed E-state index contributed by atoms with van der Waals surface area (Å²) in [7, 11) is 0. The summed E-state index contributed by atoms with van der Waals surface area (Å²) in [6, 6.07) is 5.39. The maximum atomic E-state index is 14.0. The van der Waals surface area contributed by atoms with Crippen LogP contribution >= 0.6 is 0 Å². The maximum absolute atomic E-state index is 14.0. The van der Waals surface area contributed by atoms with Crippen LogP contribution < -0.4 is 10.7 Å². The van der Waals surface area contributed by atoms with Crippen LogP contribution in [0, 0.1) is 18.6 Å².